The van der Waals surface area contributed by atoms with Gasteiger partial charge in [-0.2, -0.15) is 0 Å². The van der Waals surface area contributed by atoms with E-state index in [1.807, 2.05) is 35.2 Å². The fourth-order valence-electron chi connectivity index (χ4n) is 3.34. The van der Waals surface area contributed by atoms with E-state index >= 15 is 0 Å². The highest BCUT2D eigenvalue weighted by atomic mass is 17.2. The highest BCUT2D eigenvalue weighted by molar-refractivity contribution is 5.77. The first kappa shape index (κ1) is 22.1. The Labute approximate surface area is 166 Å². The van der Waals surface area contributed by atoms with Crippen molar-refractivity contribution in [2.24, 2.45) is 0 Å². The van der Waals surface area contributed by atoms with Crippen molar-refractivity contribution in [2.75, 3.05) is 27.4 Å². The van der Waals surface area contributed by atoms with Gasteiger partial charge in [-0.15, -0.1) is 0 Å². The van der Waals surface area contributed by atoms with Crippen LogP contribution in [0.4, 0.5) is 4.79 Å². The topological polar surface area (TPSA) is 86.3 Å². The van der Waals surface area contributed by atoms with Crippen LogP contribution in [0.1, 0.15) is 32.8 Å². The second-order valence-electron chi connectivity index (χ2n) is 7.97. The van der Waals surface area contributed by atoms with E-state index in [0.717, 1.165) is 5.56 Å². The fourth-order valence-corrected chi connectivity index (χ4v) is 3.34. The molecule has 0 aromatic heterocycles. The van der Waals surface area contributed by atoms with Crippen LogP contribution in [0.5, 0.6) is 0 Å². The molecule has 2 atom stereocenters. The average molecular weight is 394 g/mol. The maximum Gasteiger partial charge on any atom is 0.408 e. The minimum Gasteiger partial charge on any atom is -0.468 e. The summed E-state index contributed by atoms with van der Waals surface area (Å²) in [5, 5.41) is 2.89. The summed E-state index contributed by atoms with van der Waals surface area (Å²) in [4.78, 5) is 36.7. The van der Waals surface area contributed by atoms with Crippen LogP contribution >= 0.6 is 0 Å². The van der Waals surface area contributed by atoms with Gasteiger partial charge >= 0.3 is 12.1 Å². The molecule has 1 aliphatic rings. The van der Waals surface area contributed by atoms with Crippen LogP contribution in [0.25, 0.3) is 0 Å². The fraction of sp³-hybridized carbons (Fsp3) is 0.600. The van der Waals surface area contributed by atoms with Crippen molar-refractivity contribution < 1.29 is 28.8 Å². The summed E-state index contributed by atoms with van der Waals surface area (Å²) in [7, 11) is 2.76. The molecule has 1 N–H and O–H groups in total. The molecule has 0 aliphatic carbocycles. The number of rotatable bonds is 7. The predicted molar refractivity (Wildman–Crippen MR) is 102 cm³/mol. The lowest BCUT2D eigenvalue weighted by Crippen LogP contribution is -2.54. The van der Waals surface area contributed by atoms with E-state index in [2.05, 4.69) is 5.32 Å². The van der Waals surface area contributed by atoms with Gasteiger partial charge in [0.15, 0.2) is 0 Å². The molecule has 2 rings (SSSR count). The molecule has 8 heteroatoms. The van der Waals surface area contributed by atoms with Gasteiger partial charge in [0, 0.05) is 19.5 Å². The zero-order valence-electron chi connectivity index (χ0n) is 17.2. The highest BCUT2D eigenvalue weighted by Crippen LogP contribution is 2.30. The van der Waals surface area contributed by atoms with Crippen LogP contribution in [0.3, 0.4) is 0 Å². The first-order chi connectivity index (χ1) is 13.2. The standard InChI is InChI=1S/C20H30N2O6/c1-19(2,3)28-18(24)21-20(14-27-26-5)11-16(17(23)25-4)22(13-20)12-15-9-7-6-8-10-15/h6-10,16H,11-14H2,1-5H3,(H,21,24)/t16?,20-/m1/s1. The molecule has 1 aliphatic heterocycles. The first-order valence-corrected chi connectivity index (χ1v) is 9.20. The molecule has 28 heavy (non-hydrogen) atoms. The maximum atomic E-state index is 12.4. The van der Waals surface area contributed by atoms with Crippen molar-refractivity contribution >= 4 is 12.1 Å². The van der Waals surface area contributed by atoms with Crippen molar-refractivity contribution in [3.8, 4) is 0 Å². The number of benzene rings is 1. The lowest BCUT2D eigenvalue weighted by atomic mass is 9.97. The molecule has 1 heterocycles. The maximum absolute atomic E-state index is 12.4. The molecule has 1 aromatic carbocycles. The number of carbonyl (C=O) groups excluding carboxylic acids is 2. The van der Waals surface area contributed by atoms with Crippen molar-refractivity contribution in [1.82, 2.24) is 10.2 Å². The molecule has 1 fully saturated rings. The molecule has 1 amide bonds. The lowest BCUT2D eigenvalue weighted by Gasteiger charge is -2.31. The number of ether oxygens (including phenoxy) is 2. The van der Waals surface area contributed by atoms with Crippen LogP contribution in [0.15, 0.2) is 30.3 Å². The van der Waals surface area contributed by atoms with Gasteiger partial charge in [0.2, 0.25) is 0 Å². The molecule has 1 unspecified atom stereocenters. The summed E-state index contributed by atoms with van der Waals surface area (Å²) < 4.78 is 10.4. The van der Waals surface area contributed by atoms with Gasteiger partial charge in [-0.05, 0) is 26.3 Å². The second kappa shape index (κ2) is 9.36. The van der Waals surface area contributed by atoms with E-state index in [1.54, 1.807) is 20.8 Å². The quantitative estimate of drug-likeness (QED) is 0.431. The minimum atomic E-state index is -0.855. The molecule has 0 spiro atoms. The molecule has 1 aromatic rings. The van der Waals surface area contributed by atoms with E-state index in [9.17, 15) is 9.59 Å². The lowest BCUT2D eigenvalue weighted by molar-refractivity contribution is -0.282. The largest absolute Gasteiger partial charge is 0.468 e. The van der Waals surface area contributed by atoms with Crippen LogP contribution in [-0.4, -0.2) is 61.5 Å². The Morgan fingerprint density at radius 3 is 2.46 bits per heavy atom. The predicted octanol–water partition coefficient (Wildman–Crippen LogP) is 2.28. The van der Waals surface area contributed by atoms with E-state index in [0.29, 0.717) is 19.5 Å². The molecule has 0 bridgehead atoms. The van der Waals surface area contributed by atoms with Gasteiger partial charge in [-0.1, -0.05) is 30.3 Å². The number of methoxy groups -OCH3 is 1. The van der Waals surface area contributed by atoms with Gasteiger partial charge < -0.3 is 14.8 Å². The van der Waals surface area contributed by atoms with Crippen LogP contribution in [-0.2, 0) is 30.6 Å². The Morgan fingerprint density at radius 2 is 1.89 bits per heavy atom. The van der Waals surface area contributed by atoms with E-state index in [4.69, 9.17) is 19.2 Å². The smallest absolute Gasteiger partial charge is 0.408 e. The van der Waals surface area contributed by atoms with E-state index < -0.39 is 23.3 Å². The summed E-state index contributed by atoms with van der Waals surface area (Å²) in [5.74, 6) is -0.360. The van der Waals surface area contributed by atoms with Crippen molar-refractivity contribution in [2.45, 2.75) is 50.9 Å². The van der Waals surface area contributed by atoms with Gasteiger partial charge in [-0.3, -0.25) is 9.69 Å². The average Bonchev–Trinajstić information content (AvgIpc) is 2.96. The number of hydrogen-bond acceptors (Lipinski definition) is 7. The summed E-state index contributed by atoms with van der Waals surface area (Å²) in [6.07, 6.45) is -0.257. The molecular formula is C20H30N2O6. The summed E-state index contributed by atoms with van der Waals surface area (Å²) >= 11 is 0. The third-order valence-electron chi connectivity index (χ3n) is 4.45. The zero-order valence-corrected chi connectivity index (χ0v) is 17.2. The number of likely N-dealkylation sites (tertiary alicyclic amines) is 1. The second-order valence-corrected chi connectivity index (χ2v) is 7.97. The van der Waals surface area contributed by atoms with Crippen molar-refractivity contribution in [3.63, 3.8) is 0 Å². The Kier molecular flexibility index (Phi) is 7.40. The van der Waals surface area contributed by atoms with Crippen LogP contribution in [0.2, 0.25) is 0 Å². The number of esters is 1. The van der Waals surface area contributed by atoms with Crippen molar-refractivity contribution in [1.29, 1.82) is 0 Å². The SMILES string of the molecule is COOC[C@@]1(NC(=O)OC(C)(C)C)CC(C(=O)OC)N(Cc2ccccc2)C1. The first-order valence-electron chi connectivity index (χ1n) is 9.20. The molecule has 156 valence electrons. The summed E-state index contributed by atoms with van der Waals surface area (Å²) in [5.41, 5.74) is -0.444. The highest BCUT2D eigenvalue weighted by Gasteiger charge is 2.49. The Morgan fingerprint density at radius 1 is 1.21 bits per heavy atom. The zero-order chi connectivity index (χ0) is 20.8. The molecule has 1 saturated heterocycles. The molecule has 8 nitrogen and oxygen atoms in total. The number of amides is 1. The van der Waals surface area contributed by atoms with Gasteiger partial charge in [0.05, 0.1) is 19.8 Å². The minimum absolute atomic E-state index is 0.0710. The third-order valence-corrected chi connectivity index (χ3v) is 4.45. The van der Waals surface area contributed by atoms with E-state index in [-0.39, 0.29) is 12.6 Å². The molecule has 0 saturated carbocycles. The Bertz CT molecular complexity index is 660. The third kappa shape index (κ3) is 6.19. The van der Waals surface area contributed by atoms with E-state index in [1.165, 1.54) is 14.2 Å². The van der Waals surface area contributed by atoms with Crippen molar-refractivity contribution in [3.05, 3.63) is 35.9 Å². The van der Waals surface area contributed by atoms with Gasteiger partial charge in [-0.25, -0.2) is 14.6 Å². The number of hydrogen-bond donors (Lipinski definition) is 1. The number of nitrogens with zero attached hydrogens (tertiary/aromatic N) is 1. The van der Waals surface area contributed by atoms with Crippen LogP contribution < -0.4 is 5.32 Å². The summed E-state index contributed by atoms with van der Waals surface area (Å²) in [6.45, 7) is 6.35. The Balaban J connectivity index is 2.23. The summed E-state index contributed by atoms with van der Waals surface area (Å²) in [6, 6.07) is 9.27. The number of alkyl carbamates (subject to hydrolysis) is 1. The Hall–Kier alpha value is -2.16. The molecular weight excluding hydrogens is 364 g/mol. The van der Waals surface area contributed by atoms with Gasteiger partial charge in [0.25, 0.3) is 0 Å². The monoisotopic (exact) mass is 394 g/mol. The number of carbonyl (C=O) groups is 2. The molecule has 0 radical (unpaired) electrons. The number of nitrogens with one attached hydrogen (secondary N) is 1. The van der Waals surface area contributed by atoms with Crippen LogP contribution in [0, 0.1) is 0 Å². The normalized spacial score (nSPS) is 22.7. The van der Waals surface area contributed by atoms with Gasteiger partial charge in [0.1, 0.15) is 18.2 Å².